The summed E-state index contributed by atoms with van der Waals surface area (Å²) in [5, 5.41) is 0. The van der Waals surface area contributed by atoms with Gasteiger partial charge in [0.25, 0.3) is 0 Å². The molecule has 1 N–H and O–H groups in total. The molecule has 0 spiro atoms. The topological polar surface area (TPSA) is 108 Å². The average molecular weight is 891 g/mol. The zero-order valence-corrected chi connectivity index (χ0v) is 41.2. The second kappa shape index (κ2) is 43.7. The summed E-state index contributed by atoms with van der Waals surface area (Å²) in [5.41, 5.74) is 0. The number of unbranched alkanes of at least 4 members (excludes halogenated alkanes) is 18. The number of nitrogens with zero attached hydrogens (tertiary/aromatic N) is 1. The van der Waals surface area contributed by atoms with Crippen LogP contribution >= 0.6 is 7.82 Å². The molecule has 0 bridgehead atoms. The SMILES string of the molecule is CC/C=C\C/C=C\C/C=C\C/C=C\C/C=C\CCCC(=O)O[C@H](COC(=O)CCCCCCCCCCCCC/C=C\CCCCCCCC)COP(=O)(O)OCC[N+](C)(C)C. The molecule has 0 heterocycles. The molecule has 0 aliphatic carbocycles. The molecule has 0 radical (unpaired) electrons. The van der Waals surface area contributed by atoms with Crippen molar-refractivity contribution in [2.24, 2.45) is 0 Å². The maximum atomic E-state index is 12.7. The number of carbonyl (C=O) groups excluding carboxylic acids is 2. The van der Waals surface area contributed by atoms with E-state index in [1.807, 2.05) is 27.2 Å². The molecular weight excluding hydrogens is 798 g/mol. The van der Waals surface area contributed by atoms with Crippen molar-refractivity contribution >= 4 is 19.8 Å². The largest absolute Gasteiger partial charge is 0.472 e. The molecule has 358 valence electrons. The summed E-state index contributed by atoms with van der Waals surface area (Å²) in [6, 6.07) is 0. The fraction of sp³-hybridized carbons (Fsp3) is 0.731. The molecule has 0 aliphatic heterocycles. The smallest absolute Gasteiger partial charge is 0.462 e. The molecule has 0 rings (SSSR count). The Morgan fingerprint density at radius 2 is 0.935 bits per heavy atom. The third-order valence-corrected chi connectivity index (χ3v) is 11.2. The van der Waals surface area contributed by atoms with Crippen LogP contribution in [0, 0.1) is 0 Å². The zero-order valence-electron chi connectivity index (χ0n) is 40.3. The minimum atomic E-state index is -4.40. The lowest BCUT2D eigenvalue weighted by atomic mass is 10.0. The molecule has 1 unspecified atom stereocenters. The molecule has 9 nitrogen and oxygen atoms in total. The number of hydrogen-bond donors (Lipinski definition) is 1. The van der Waals surface area contributed by atoms with E-state index in [9.17, 15) is 19.0 Å². The van der Waals surface area contributed by atoms with Crippen molar-refractivity contribution in [3.05, 3.63) is 72.9 Å². The number of phosphoric acid groups is 1. The Labute approximate surface area is 380 Å². The van der Waals surface area contributed by atoms with E-state index < -0.39 is 26.5 Å². The van der Waals surface area contributed by atoms with Gasteiger partial charge in [-0.15, -0.1) is 0 Å². The third kappa shape index (κ3) is 46.9. The fourth-order valence-electron chi connectivity index (χ4n) is 6.40. The Hall–Kier alpha value is -2.55. The summed E-state index contributed by atoms with van der Waals surface area (Å²) >= 11 is 0. The first-order valence-corrected chi connectivity index (χ1v) is 26.2. The van der Waals surface area contributed by atoms with Crippen molar-refractivity contribution in [1.82, 2.24) is 0 Å². The van der Waals surface area contributed by atoms with Crippen molar-refractivity contribution in [3.63, 3.8) is 0 Å². The number of hydrogen-bond acceptors (Lipinski definition) is 7. The second-order valence-corrected chi connectivity index (χ2v) is 18.9. The van der Waals surface area contributed by atoms with Gasteiger partial charge in [0.1, 0.15) is 19.8 Å². The lowest BCUT2D eigenvalue weighted by molar-refractivity contribution is -0.870. The highest BCUT2D eigenvalue weighted by molar-refractivity contribution is 7.47. The molecule has 0 aromatic rings. The van der Waals surface area contributed by atoms with Gasteiger partial charge in [-0.2, -0.15) is 0 Å². The van der Waals surface area contributed by atoms with Gasteiger partial charge >= 0.3 is 19.8 Å². The van der Waals surface area contributed by atoms with Crippen LogP contribution in [0.4, 0.5) is 0 Å². The number of esters is 2. The quantitative estimate of drug-likeness (QED) is 0.0212. The molecule has 0 saturated carbocycles. The Morgan fingerprint density at radius 3 is 1.44 bits per heavy atom. The van der Waals surface area contributed by atoms with Gasteiger partial charge in [-0.1, -0.05) is 177 Å². The number of likely N-dealkylation sites (N-methyl/N-ethyl adjacent to an activating group) is 1. The number of carbonyl (C=O) groups is 2. The van der Waals surface area contributed by atoms with Crippen molar-refractivity contribution in [3.8, 4) is 0 Å². The highest BCUT2D eigenvalue weighted by Gasteiger charge is 2.27. The third-order valence-electron chi connectivity index (χ3n) is 10.2. The lowest BCUT2D eigenvalue weighted by Gasteiger charge is -2.24. The predicted molar refractivity (Wildman–Crippen MR) is 261 cm³/mol. The van der Waals surface area contributed by atoms with Crippen LogP contribution in [0.25, 0.3) is 0 Å². The molecule has 0 amide bonds. The van der Waals surface area contributed by atoms with Gasteiger partial charge in [0, 0.05) is 12.8 Å². The molecule has 0 saturated heterocycles. The maximum Gasteiger partial charge on any atom is 0.472 e. The summed E-state index contributed by atoms with van der Waals surface area (Å²) in [7, 11) is 1.43. The van der Waals surface area contributed by atoms with Gasteiger partial charge in [0.15, 0.2) is 6.10 Å². The second-order valence-electron chi connectivity index (χ2n) is 17.5. The first kappa shape index (κ1) is 59.5. The highest BCUT2D eigenvalue weighted by atomic mass is 31.2. The Balaban J connectivity index is 4.34. The molecular formula is C52H93NO8P+. The summed E-state index contributed by atoms with van der Waals surface area (Å²) in [5.74, 6) is -0.869. The van der Waals surface area contributed by atoms with E-state index in [0.29, 0.717) is 23.9 Å². The van der Waals surface area contributed by atoms with E-state index >= 15 is 0 Å². The van der Waals surface area contributed by atoms with Crippen LogP contribution in [-0.4, -0.2) is 74.9 Å². The van der Waals surface area contributed by atoms with E-state index in [2.05, 4.69) is 80.7 Å². The molecule has 0 fully saturated rings. The van der Waals surface area contributed by atoms with Crippen LogP contribution in [0.1, 0.15) is 194 Å². The molecule has 10 heteroatoms. The maximum absolute atomic E-state index is 12.7. The monoisotopic (exact) mass is 891 g/mol. The summed E-state index contributed by atoms with van der Waals surface area (Å²) < 4.78 is 34.3. The van der Waals surface area contributed by atoms with Crippen LogP contribution in [0.3, 0.4) is 0 Å². The summed E-state index contributed by atoms with van der Waals surface area (Å²) in [6.45, 7) is 4.24. The van der Waals surface area contributed by atoms with Gasteiger partial charge in [-0.05, 0) is 77.0 Å². The van der Waals surface area contributed by atoms with Crippen molar-refractivity contribution in [2.45, 2.75) is 200 Å². The van der Waals surface area contributed by atoms with Crippen LogP contribution in [0.2, 0.25) is 0 Å². The van der Waals surface area contributed by atoms with Crippen LogP contribution in [0.5, 0.6) is 0 Å². The normalized spacial score (nSPS) is 14.1. The average Bonchev–Trinajstić information content (AvgIpc) is 3.23. The molecule has 62 heavy (non-hydrogen) atoms. The van der Waals surface area contributed by atoms with E-state index in [1.165, 1.54) is 103 Å². The highest BCUT2D eigenvalue weighted by Crippen LogP contribution is 2.43. The van der Waals surface area contributed by atoms with Crippen molar-refractivity contribution < 1.29 is 42.1 Å². The Morgan fingerprint density at radius 1 is 0.516 bits per heavy atom. The first-order chi connectivity index (χ1) is 30.0. The van der Waals surface area contributed by atoms with E-state index in [4.69, 9.17) is 18.5 Å². The van der Waals surface area contributed by atoms with E-state index in [1.54, 1.807) is 0 Å². The Bertz CT molecular complexity index is 1280. The van der Waals surface area contributed by atoms with Crippen LogP contribution in [0.15, 0.2) is 72.9 Å². The number of allylic oxidation sites excluding steroid dienone is 12. The predicted octanol–water partition coefficient (Wildman–Crippen LogP) is 14.6. The number of quaternary nitrogens is 1. The minimum absolute atomic E-state index is 0.0181. The Kier molecular flexibility index (Phi) is 41.9. The standard InChI is InChI=1S/C52H92NO8P/c1-6-8-10-12-14-16-18-20-22-24-25-26-27-29-30-32-34-36-38-40-42-44-51(54)58-48-50(49-60-62(56,57)59-47-46-53(3,4)5)61-52(55)45-43-41-39-37-35-33-31-28-23-21-19-17-15-13-11-9-7-2/h9,11,15,17,20-23,31,33,37,39,50H,6-8,10,12-14,16,18-19,24-30,32,34-36,38,40-49H2,1-5H3/p+1/b11-9-,17-15-,22-20-,23-21-,33-31-,39-37-/t50-/m1/s1. The van der Waals surface area contributed by atoms with E-state index in [0.717, 1.165) is 51.4 Å². The van der Waals surface area contributed by atoms with Crippen molar-refractivity contribution in [2.75, 3.05) is 47.5 Å². The van der Waals surface area contributed by atoms with Gasteiger partial charge in [0.05, 0.1) is 27.7 Å². The number of ether oxygens (including phenoxy) is 2. The molecule has 2 atom stereocenters. The van der Waals surface area contributed by atoms with Gasteiger partial charge in [-0.25, -0.2) is 4.57 Å². The first-order valence-electron chi connectivity index (χ1n) is 24.7. The number of phosphoric ester groups is 1. The summed E-state index contributed by atoms with van der Waals surface area (Å²) in [6.07, 6.45) is 55.4. The summed E-state index contributed by atoms with van der Waals surface area (Å²) in [4.78, 5) is 35.5. The van der Waals surface area contributed by atoms with Gasteiger partial charge < -0.3 is 18.9 Å². The fourth-order valence-corrected chi connectivity index (χ4v) is 7.14. The minimum Gasteiger partial charge on any atom is -0.462 e. The zero-order chi connectivity index (χ0) is 45.7. The molecule has 0 aromatic heterocycles. The van der Waals surface area contributed by atoms with Crippen LogP contribution in [-0.2, 0) is 32.7 Å². The van der Waals surface area contributed by atoms with Crippen molar-refractivity contribution in [1.29, 1.82) is 0 Å². The van der Waals surface area contributed by atoms with E-state index in [-0.39, 0.29) is 32.0 Å². The van der Waals surface area contributed by atoms with Crippen LogP contribution < -0.4 is 0 Å². The lowest BCUT2D eigenvalue weighted by Crippen LogP contribution is -2.37. The van der Waals surface area contributed by atoms with Gasteiger partial charge in [0.2, 0.25) is 0 Å². The van der Waals surface area contributed by atoms with Gasteiger partial charge in [-0.3, -0.25) is 18.6 Å². The number of rotatable bonds is 44. The molecule has 0 aliphatic rings. The molecule has 0 aromatic carbocycles.